The van der Waals surface area contributed by atoms with Gasteiger partial charge in [0, 0.05) is 66.3 Å². The molecule has 1 aromatic heterocycles. The molecular weight excluding hydrogens is 798 g/mol. The van der Waals surface area contributed by atoms with Crippen molar-refractivity contribution in [3.05, 3.63) is 102 Å². The molecule has 322 valence electrons. The van der Waals surface area contributed by atoms with Crippen molar-refractivity contribution < 1.29 is 51.6 Å². The Morgan fingerprint density at radius 1 is 0.852 bits per heavy atom. The molecule has 6 rings (SSSR count). The first kappa shape index (κ1) is 43.7. The lowest BCUT2D eigenvalue weighted by Gasteiger charge is -2.36. The number of halogens is 3. The number of carbonyl (C=O) groups excluding carboxylic acids is 3. The molecule has 1 saturated heterocycles. The van der Waals surface area contributed by atoms with E-state index < -0.39 is 41.4 Å². The van der Waals surface area contributed by atoms with Crippen LogP contribution in [0, 0.1) is 0 Å². The van der Waals surface area contributed by atoms with E-state index >= 15 is 0 Å². The van der Waals surface area contributed by atoms with Gasteiger partial charge >= 0.3 is 18.3 Å². The number of fused-ring (bicyclic) bond motifs is 1. The molecule has 0 spiro atoms. The number of benzene rings is 4. The van der Waals surface area contributed by atoms with Gasteiger partial charge in [-0.2, -0.15) is 13.2 Å². The molecule has 5 N–H and O–H groups in total. The SMILES string of the molecule is COc1cc2nccc(Oc3cccc(NC(=O)Nc4ccc(N5CCC(NC(=O)[C@@H](Cc6ccc(O)cc6)NC(=O)OC(C)(C)C)CC5)c(C(F)(F)F)c4)c3)c2cc1OC. The summed E-state index contributed by atoms with van der Waals surface area (Å²) >= 11 is 0. The van der Waals surface area contributed by atoms with E-state index in [1.807, 2.05) is 0 Å². The molecule has 4 aromatic carbocycles. The topological polar surface area (TPSA) is 173 Å². The van der Waals surface area contributed by atoms with Gasteiger partial charge in [0.15, 0.2) is 11.5 Å². The summed E-state index contributed by atoms with van der Waals surface area (Å²) in [6.45, 7) is 5.47. The van der Waals surface area contributed by atoms with Gasteiger partial charge in [-0.1, -0.05) is 18.2 Å². The first-order chi connectivity index (χ1) is 29.0. The molecule has 0 saturated carbocycles. The van der Waals surface area contributed by atoms with Crippen molar-refractivity contribution >= 4 is 46.0 Å². The van der Waals surface area contributed by atoms with Gasteiger partial charge in [0.05, 0.1) is 25.3 Å². The van der Waals surface area contributed by atoms with Gasteiger partial charge in [-0.15, -0.1) is 0 Å². The second kappa shape index (κ2) is 18.6. The van der Waals surface area contributed by atoms with Crippen molar-refractivity contribution in [3.63, 3.8) is 0 Å². The number of nitrogens with one attached hydrogen (secondary N) is 4. The quantitative estimate of drug-likeness (QED) is 0.0819. The summed E-state index contributed by atoms with van der Waals surface area (Å²) in [6, 6.07) is 19.3. The summed E-state index contributed by atoms with van der Waals surface area (Å²) in [5.74, 6) is 1.39. The third-order valence-corrected chi connectivity index (χ3v) is 9.65. The molecule has 61 heavy (non-hydrogen) atoms. The molecule has 0 bridgehead atoms. The number of carbonyl (C=O) groups is 3. The van der Waals surface area contributed by atoms with Crippen LogP contribution in [0.5, 0.6) is 28.7 Å². The van der Waals surface area contributed by atoms with Gasteiger partial charge in [-0.3, -0.25) is 9.78 Å². The van der Waals surface area contributed by atoms with E-state index in [9.17, 15) is 32.7 Å². The number of anilines is 3. The lowest BCUT2D eigenvalue weighted by atomic mass is 10.0. The van der Waals surface area contributed by atoms with Crippen LogP contribution in [0.3, 0.4) is 0 Å². The number of phenols is 1. The Morgan fingerprint density at radius 2 is 1.52 bits per heavy atom. The fraction of sp³-hybridized carbons (Fsp3) is 0.318. The number of piperidine rings is 1. The molecule has 0 aliphatic carbocycles. The largest absolute Gasteiger partial charge is 0.508 e. The van der Waals surface area contributed by atoms with Gasteiger partial charge in [0.2, 0.25) is 5.91 Å². The van der Waals surface area contributed by atoms with Crippen molar-refractivity contribution in [2.24, 2.45) is 0 Å². The van der Waals surface area contributed by atoms with Crippen LogP contribution >= 0.6 is 0 Å². The monoisotopic (exact) mass is 844 g/mol. The fourth-order valence-corrected chi connectivity index (χ4v) is 6.80. The van der Waals surface area contributed by atoms with E-state index in [2.05, 4.69) is 26.3 Å². The summed E-state index contributed by atoms with van der Waals surface area (Å²) in [6.07, 6.45) is -3.19. The summed E-state index contributed by atoms with van der Waals surface area (Å²) in [5.41, 5.74) is -0.278. The number of hydrogen-bond acceptors (Lipinski definition) is 10. The average Bonchev–Trinajstić information content (AvgIpc) is 3.20. The number of hydrogen-bond donors (Lipinski definition) is 5. The predicted octanol–water partition coefficient (Wildman–Crippen LogP) is 8.63. The maximum atomic E-state index is 14.5. The number of methoxy groups -OCH3 is 2. The highest BCUT2D eigenvalue weighted by Gasteiger charge is 2.37. The molecular formula is C44H47F3N6O8. The molecule has 0 unspecified atom stereocenters. The number of urea groups is 1. The lowest BCUT2D eigenvalue weighted by Crippen LogP contribution is -2.53. The predicted molar refractivity (Wildman–Crippen MR) is 224 cm³/mol. The minimum absolute atomic E-state index is 0.0481. The molecule has 1 aliphatic rings. The highest BCUT2D eigenvalue weighted by atomic mass is 19.4. The van der Waals surface area contributed by atoms with Crippen molar-refractivity contribution in [1.29, 1.82) is 0 Å². The number of aromatic hydroxyl groups is 1. The zero-order valence-electron chi connectivity index (χ0n) is 34.2. The summed E-state index contributed by atoms with van der Waals surface area (Å²) in [4.78, 5) is 45.1. The van der Waals surface area contributed by atoms with Crippen LogP contribution in [0.25, 0.3) is 10.9 Å². The van der Waals surface area contributed by atoms with E-state index in [1.165, 1.54) is 38.5 Å². The van der Waals surface area contributed by atoms with Crippen LogP contribution < -0.4 is 40.4 Å². The number of aromatic nitrogens is 1. The van der Waals surface area contributed by atoms with Gasteiger partial charge in [-0.05, 0) is 93.8 Å². The lowest BCUT2D eigenvalue weighted by molar-refractivity contribution is -0.137. The summed E-state index contributed by atoms with van der Waals surface area (Å²) < 4.78 is 65.8. The third-order valence-electron chi connectivity index (χ3n) is 9.65. The number of rotatable bonds is 12. The Bertz CT molecular complexity index is 2360. The first-order valence-electron chi connectivity index (χ1n) is 19.4. The van der Waals surface area contributed by atoms with Crippen molar-refractivity contribution in [1.82, 2.24) is 15.6 Å². The molecule has 4 amide bonds. The molecule has 2 heterocycles. The number of nitrogens with zero attached hydrogens (tertiary/aromatic N) is 2. The average molecular weight is 845 g/mol. The molecule has 1 fully saturated rings. The Balaban J connectivity index is 1.08. The molecule has 5 aromatic rings. The molecule has 17 heteroatoms. The van der Waals surface area contributed by atoms with Crippen LogP contribution in [-0.4, -0.2) is 73.1 Å². The zero-order chi connectivity index (χ0) is 43.9. The number of pyridine rings is 1. The molecule has 1 aliphatic heterocycles. The van der Waals surface area contributed by atoms with Crippen LogP contribution in [0.15, 0.2) is 91.1 Å². The maximum Gasteiger partial charge on any atom is 0.418 e. The highest BCUT2D eigenvalue weighted by Crippen LogP contribution is 2.40. The summed E-state index contributed by atoms with van der Waals surface area (Å²) in [7, 11) is 3.04. The highest BCUT2D eigenvalue weighted by molar-refractivity contribution is 6.00. The van der Waals surface area contributed by atoms with Crippen molar-refractivity contribution in [2.75, 3.05) is 42.8 Å². The standard InChI is InChI=1S/C44H47F3N6O8/c1-43(2,3)61-42(57)52-35(21-26-9-12-30(54)13-10-26)40(55)49-27-16-19-53(20-17-27)36-14-11-29(23-33(36)44(45,46)47)51-41(56)50-28-7-6-8-31(22-28)60-37-15-18-48-34-25-39(59-5)38(58-4)24-32(34)37/h6-15,18,22-25,27,35,54H,16-17,19-21H2,1-5H3,(H,49,55)(H,52,57)(H2,50,51,56)/t35-/m1/s1. The Hall–Kier alpha value is -6.91. The second-order valence-corrected chi connectivity index (χ2v) is 15.3. The van der Waals surface area contributed by atoms with E-state index in [1.54, 1.807) is 86.5 Å². The van der Waals surface area contributed by atoms with Crippen molar-refractivity contribution in [3.8, 4) is 28.7 Å². The van der Waals surface area contributed by atoms with Gasteiger partial charge < -0.3 is 50.2 Å². The minimum Gasteiger partial charge on any atom is -0.508 e. The van der Waals surface area contributed by atoms with Crippen LogP contribution in [0.2, 0.25) is 0 Å². The molecule has 14 nitrogen and oxygen atoms in total. The van der Waals surface area contributed by atoms with E-state index in [4.69, 9.17) is 18.9 Å². The van der Waals surface area contributed by atoms with E-state index in [-0.39, 0.29) is 42.7 Å². The smallest absolute Gasteiger partial charge is 0.418 e. The van der Waals surface area contributed by atoms with Gasteiger partial charge in [0.1, 0.15) is 28.9 Å². The number of amides is 4. The van der Waals surface area contributed by atoms with Crippen LogP contribution in [0.4, 0.5) is 39.8 Å². The Kier molecular flexibility index (Phi) is 13.3. The van der Waals surface area contributed by atoms with Gasteiger partial charge in [-0.25, -0.2) is 9.59 Å². The molecule has 0 radical (unpaired) electrons. The zero-order valence-corrected chi connectivity index (χ0v) is 34.2. The fourth-order valence-electron chi connectivity index (χ4n) is 6.80. The number of alkyl halides is 3. The minimum atomic E-state index is -4.75. The van der Waals surface area contributed by atoms with E-state index in [0.29, 0.717) is 58.0 Å². The second-order valence-electron chi connectivity index (χ2n) is 15.3. The number of alkyl carbamates (subject to hydrolysis) is 1. The Labute approximate surface area is 350 Å². The van der Waals surface area contributed by atoms with Gasteiger partial charge in [0.25, 0.3) is 0 Å². The van der Waals surface area contributed by atoms with Crippen LogP contribution in [0.1, 0.15) is 44.7 Å². The normalized spacial score (nSPS) is 13.8. The van der Waals surface area contributed by atoms with Crippen LogP contribution in [-0.2, 0) is 22.1 Å². The molecule has 1 atom stereocenters. The number of ether oxygens (including phenoxy) is 4. The van der Waals surface area contributed by atoms with E-state index in [0.717, 1.165) is 6.07 Å². The Morgan fingerprint density at radius 3 is 2.18 bits per heavy atom. The van der Waals surface area contributed by atoms with Crippen molar-refractivity contribution in [2.45, 2.75) is 63.9 Å². The number of phenolic OH excluding ortho intramolecular Hbond substituents is 1. The maximum absolute atomic E-state index is 14.5. The first-order valence-corrected chi connectivity index (χ1v) is 19.4. The third kappa shape index (κ3) is 11.6. The summed E-state index contributed by atoms with van der Waals surface area (Å²) in [5, 5.41) is 21.0.